The van der Waals surface area contributed by atoms with Crippen molar-refractivity contribution in [3.05, 3.63) is 53.6 Å². The Hall–Kier alpha value is -2.66. The summed E-state index contributed by atoms with van der Waals surface area (Å²) < 4.78 is 53.0. The quantitative estimate of drug-likeness (QED) is 0.850. The summed E-state index contributed by atoms with van der Waals surface area (Å²) in [7, 11) is -4.25. The Morgan fingerprint density at radius 1 is 1.19 bits per heavy atom. The van der Waals surface area contributed by atoms with Crippen molar-refractivity contribution in [1.29, 1.82) is 5.26 Å². The van der Waals surface area contributed by atoms with E-state index in [-0.39, 0.29) is 11.4 Å². The summed E-state index contributed by atoms with van der Waals surface area (Å²) >= 11 is 0. The van der Waals surface area contributed by atoms with Gasteiger partial charge in [0.25, 0.3) is 10.0 Å². The molecule has 0 radical (unpaired) electrons. The smallest absolute Gasteiger partial charge is 0.263 e. The molecule has 0 heterocycles. The van der Waals surface area contributed by atoms with Crippen LogP contribution >= 0.6 is 0 Å². The van der Waals surface area contributed by atoms with Crippen molar-refractivity contribution < 1.29 is 17.2 Å². The van der Waals surface area contributed by atoms with E-state index < -0.39 is 32.1 Å². The lowest BCUT2D eigenvalue weighted by atomic mass is 10.2. The van der Waals surface area contributed by atoms with Gasteiger partial charge in [0, 0.05) is 5.69 Å². The van der Waals surface area contributed by atoms with Crippen molar-refractivity contribution in [3.8, 4) is 6.07 Å². The fraction of sp³-hybridized carbons (Fsp3) is 0. The van der Waals surface area contributed by atoms with Gasteiger partial charge in [-0.15, -0.1) is 0 Å². The molecule has 5 nitrogen and oxygen atoms in total. The largest absolute Gasteiger partial charge is 0.399 e. The van der Waals surface area contributed by atoms with Crippen LogP contribution in [0.2, 0.25) is 0 Å². The lowest BCUT2D eigenvalue weighted by Gasteiger charge is -2.10. The SMILES string of the molecule is N#Cc1c(F)cccc1S(=O)(=O)Nc1cc(N)cc(F)c1. The number of nitrogens with zero attached hydrogens (tertiary/aromatic N) is 1. The first-order chi connectivity index (χ1) is 9.83. The summed E-state index contributed by atoms with van der Waals surface area (Å²) in [5.74, 6) is -1.69. The Balaban J connectivity index is 2.49. The molecule has 0 atom stereocenters. The molecule has 0 unspecified atom stereocenters. The highest BCUT2D eigenvalue weighted by molar-refractivity contribution is 7.92. The maximum absolute atomic E-state index is 13.5. The second-order valence-electron chi connectivity index (χ2n) is 4.10. The van der Waals surface area contributed by atoms with Gasteiger partial charge in [-0.05, 0) is 30.3 Å². The molecule has 0 aliphatic rings. The van der Waals surface area contributed by atoms with Gasteiger partial charge in [-0.3, -0.25) is 4.72 Å². The average molecular weight is 309 g/mol. The molecule has 0 fully saturated rings. The zero-order chi connectivity index (χ0) is 15.6. The molecule has 0 bridgehead atoms. The molecule has 8 heteroatoms. The molecule has 0 saturated heterocycles. The highest BCUT2D eigenvalue weighted by Crippen LogP contribution is 2.23. The summed E-state index contributed by atoms with van der Waals surface area (Å²) in [6.07, 6.45) is 0. The molecule has 2 rings (SSSR count). The van der Waals surface area contributed by atoms with Crippen LogP contribution in [0.4, 0.5) is 20.2 Å². The number of nitrogens with two attached hydrogens (primary N) is 1. The summed E-state index contributed by atoms with van der Waals surface area (Å²) in [4.78, 5) is -0.534. The monoisotopic (exact) mass is 309 g/mol. The van der Waals surface area contributed by atoms with Gasteiger partial charge in [-0.1, -0.05) is 6.07 Å². The minimum Gasteiger partial charge on any atom is -0.399 e. The van der Waals surface area contributed by atoms with E-state index in [4.69, 9.17) is 11.0 Å². The number of halogens is 2. The first-order valence-corrected chi connectivity index (χ1v) is 7.09. The van der Waals surface area contributed by atoms with Crippen molar-refractivity contribution in [2.75, 3.05) is 10.5 Å². The van der Waals surface area contributed by atoms with Crippen molar-refractivity contribution in [3.63, 3.8) is 0 Å². The van der Waals surface area contributed by atoms with E-state index in [0.29, 0.717) is 0 Å². The van der Waals surface area contributed by atoms with Crippen LogP contribution in [-0.4, -0.2) is 8.42 Å². The molecular weight excluding hydrogens is 300 g/mol. The van der Waals surface area contributed by atoms with Gasteiger partial charge >= 0.3 is 0 Å². The molecular formula is C13H9F2N3O2S. The number of hydrogen-bond donors (Lipinski definition) is 2. The summed E-state index contributed by atoms with van der Waals surface area (Å²) in [6.45, 7) is 0. The zero-order valence-electron chi connectivity index (χ0n) is 10.5. The normalized spacial score (nSPS) is 10.9. The Morgan fingerprint density at radius 2 is 1.90 bits per heavy atom. The van der Waals surface area contributed by atoms with Gasteiger partial charge in [0.2, 0.25) is 0 Å². The predicted molar refractivity (Wildman–Crippen MR) is 72.7 cm³/mol. The number of nitrogens with one attached hydrogen (secondary N) is 1. The Morgan fingerprint density at radius 3 is 2.52 bits per heavy atom. The Kier molecular flexibility index (Phi) is 3.78. The van der Waals surface area contributed by atoms with Crippen LogP contribution in [0.3, 0.4) is 0 Å². The zero-order valence-corrected chi connectivity index (χ0v) is 11.3. The molecule has 0 saturated carbocycles. The third-order valence-electron chi connectivity index (χ3n) is 2.55. The summed E-state index contributed by atoms with van der Waals surface area (Å²) in [5.41, 5.74) is 4.69. The van der Waals surface area contributed by atoms with Crippen LogP contribution in [0, 0.1) is 23.0 Å². The third kappa shape index (κ3) is 3.09. The van der Waals surface area contributed by atoms with E-state index in [1.54, 1.807) is 0 Å². The van der Waals surface area contributed by atoms with E-state index in [9.17, 15) is 17.2 Å². The van der Waals surface area contributed by atoms with Crippen LogP contribution in [0.1, 0.15) is 5.56 Å². The summed E-state index contributed by atoms with van der Waals surface area (Å²) in [6, 6.07) is 7.82. The second kappa shape index (κ2) is 5.38. The molecule has 0 amide bonds. The van der Waals surface area contributed by atoms with Crippen molar-refractivity contribution >= 4 is 21.4 Å². The number of nitrogen functional groups attached to an aromatic ring is 1. The van der Waals surface area contributed by atoms with E-state index in [2.05, 4.69) is 4.72 Å². The molecule has 2 aromatic rings. The maximum Gasteiger partial charge on any atom is 0.263 e. The lowest BCUT2D eigenvalue weighted by molar-refractivity contribution is 0.593. The minimum absolute atomic E-state index is 0.0208. The van der Waals surface area contributed by atoms with E-state index in [1.165, 1.54) is 12.1 Å². The van der Waals surface area contributed by atoms with E-state index in [1.807, 2.05) is 0 Å². The number of rotatable bonds is 3. The van der Waals surface area contributed by atoms with Crippen LogP contribution in [0.5, 0.6) is 0 Å². The van der Waals surface area contributed by atoms with E-state index >= 15 is 0 Å². The molecule has 3 N–H and O–H groups in total. The fourth-order valence-corrected chi connectivity index (χ4v) is 2.93. The van der Waals surface area contributed by atoms with Gasteiger partial charge in [-0.2, -0.15) is 5.26 Å². The van der Waals surface area contributed by atoms with Crippen molar-refractivity contribution in [2.45, 2.75) is 4.90 Å². The highest BCUT2D eigenvalue weighted by atomic mass is 32.2. The van der Waals surface area contributed by atoms with Crippen molar-refractivity contribution in [1.82, 2.24) is 0 Å². The van der Waals surface area contributed by atoms with Gasteiger partial charge in [-0.25, -0.2) is 17.2 Å². The predicted octanol–water partition coefficient (Wildman–Crippen LogP) is 2.22. The van der Waals surface area contributed by atoms with Crippen LogP contribution in [-0.2, 0) is 10.0 Å². The highest BCUT2D eigenvalue weighted by Gasteiger charge is 2.21. The van der Waals surface area contributed by atoms with Crippen LogP contribution in [0.15, 0.2) is 41.3 Å². The number of anilines is 2. The minimum atomic E-state index is -4.25. The van der Waals surface area contributed by atoms with Gasteiger partial charge in [0.1, 0.15) is 28.2 Å². The molecule has 21 heavy (non-hydrogen) atoms. The molecule has 2 aromatic carbocycles. The first kappa shape index (κ1) is 14.7. The summed E-state index contributed by atoms with van der Waals surface area (Å²) in [5, 5.41) is 8.85. The third-order valence-corrected chi connectivity index (χ3v) is 3.97. The van der Waals surface area contributed by atoms with Gasteiger partial charge < -0.3 is 5.73 Å². The molecule has 0 aliphatic heterocycles. The maximum atomic E-state index is 13.5. The first-order valence-electron chi connectivity index (χ1n) is 5.61. The van der Waals surface area contributed by atoms with Gasteiger partial charge in [0.05, 0.1) is 5.69 Å². The number of benzene rings is 2. The Bertz CT molecular complexity index is 825. The standard InChI is InChI=1S/C13H9F2N3O2S/c14-8-4-9(17)6-10(5-8)18-21(19,20)13-3-1-2-12(15)11(13)7-16/h1-6,18H,17H2. The van der Waals surface area contributed by atoms with Crippen molar-refractivity contribution in [2.24, 2.45) is 0 Å². The van der Waals surface area contributed by atoms with E-state index in [0.717, 1.165) is 30.3 Å². The van der Waals surface area contributed by atoms with Crippen LogP contribution < -0.4 is 10.5 Å². The lowest BCUT2D eigenvalue weighted by Crippen LogP contribution is -2.15. The van der Waals surface area contributed by atoms with Crippen LogP contribution in [0.25, 0.3) is 0 Å². The molecule has 0 spiro atoms. The number of sulfonamides is 1. The topological polar surface area (TPSA) is 96.0 Å². The Labute approximate surface area is 119 Å². The van der Waals surface area contributed by atoms with Gasteiger partial charge in [0.15, 0.2) is 0 Å². The second-order valence-corrected chi connectivity index (χ2v) is 5.75. The molecule has 108 valence electrons. The molecule has 0 aromatic heterocycles. The fourth-order valence-electron chi connectivity index (χ4n) is 1.72. The number of nitriles is 1. The molecule has 0 aliphatic carbocycles. The number of hydrogen-bond acceptors (Lipinski definition) is 4. The average Bonchev–Trinajstić information content (AvgIpc) is 2.36.